The molecule has 0 aliphatic carbocycles. The molecule has 0 rings (SSSR count). The van der Waals surface area contributed by atoms with Crippen molar-refractivity contribution in [3.8, 4) is 0 Å². The molecule has 144 valence electrons. The van der Waals surface area contributed by atoms with Crippen LogP contribution in [0.3, 0.4) is 0 Å². The van der Waals surface area contributed by atoms with Crippen LogP contribution in [0.15, 0.2) is 0 Å². The maximum atomic E-state index is 10.3. The van der Waals surface area contributed by atoms with E-state index in [4.69, 9.17) is 0 Å². The number of nitrogens with one attached hydrogen (secondary N) is 2. The summed E-state index contributed by atoms with van der Waals surface area (Å²) in [6.45, 7) is 5.75. The van der Waals surface area contributed by atoms with Gasteiger partial charge in [0.15, 0.2) is 0 Å². The van der Waals surface area contributed by atoms with Crippen molar-refractivity contribution in [2.75, 3.05) is 13.1 Å². The normalized spacial score (nSPS) is 13.4. The summed E-state index contributed by atoms with van der Waals surface area (Å²) in [5.74, 6) is -0.462. The van der Waals surface area contributed by atoms with E-state index >= 15 is 0 Å². The molecule has 2 atom stereocenters. The Hall–Kier alpha value is 0.0197. The van der Waals surface area contributed by atoms with E-state index in [0.717, 1.165) is 0 Å². The predicted molar refractivity (Wildman–Crippen MR) is 90.7 cm³/mol. The van der Waals surface area contributed by atoms with Crippen molar-refractivity contribution in [2.24, 2.45) is 0 Å². The molecule has 0 aromatic carbocycles. The molecule has 0 saturated carbocycles. The Morgan fingerprint density at radius 3 is 1.20 bits per heavy atom. The standard InChI is InChI=1S/2C6H13NO4S.Ca/c2*1-5(12(9,10)11)3-4-7-6(2)8;/h2*5H,3-4H2,1-2H3,(H,7,8)(H,9,10,11);/q;;+2/p-2. The van der Waals surface area contributed by atoms with Gasteiger partial charge in [0.25, 0.3) is 0 Å². The number of hydrogen-bond acceptors (Lipinski definition) is 8. The van der Waals surface area contributed by atoms with Gasteiger partial charge in [-0.15, -0.1) is 0 Å². The smallest absolute Gasteiger partial charge is 0.748 e. The monoisotopic (exact) mass is 428 g/mol. The Labute approximate surface area is 179 Å². The molecule has 0 aliphatic heterocycles. The number of carbonyl (C=O) groups excluding carboxylic acids is 2. The molecule has 13 heteroatoms. The van der Waals surface area contributed by atoms with Crippen LogP contribution >= 0.6 is 0 Å². The van der Waals surface area contributed by atoms with E-state index in [2.05, 4.69) is 10.6 Å². The summed E-state index contributed by atoms with van der Waals surface area (Å²) in [6, 6.07) is 0. The zero-order chi connectivity index (χ0) is 19.6. The summed E-state index contributed by atoms with van der Waals surface area (Å²) in [5, 5.41) is 2.93. The van der Waals surface area contributed by atoms with Gasteiger partial charge in [-0.25, -0.2) is 16.8 Å². The number of amides is 2. The molecule has 10 nitrogen and oxygen atoms in total. The first-order valence-electron chi connectivity index (χ1n) is 7.06. The minimum absolute atomic E-state index is 0. The van der Waals surface area contributed by atoms with Gasteiger partial charge in [-0.1, -0.05) is 0 Å². The molecule has 2 N–H and O–H groups in total. The Morgan fingerprint density at radius 1 is 0.800 bits per heavy atom. The Kier molecular flexibility index (Phi) is 16.8. The average Bonchev–Trinajstić information content (AvgIpc) is 2.36. The van der Waals surface area contributed by atoms with Crippen LogP contribution in [0.2, 0.25) is 0 Å². The molecule has 2 unspecified atom stereocenters. The van der Waals surface area contributed by atoms with Gasteiger partial charge >= 0.3 is 37.7 Å². The summed E-state index contributed by atoms with van der Waals surface area (Å²) in [6.07, 6.45) is 0.316. The fraction of sp³-hybridized carbons (Fsp3) is 0.833. The zero-order valence-electron chi connectivity index (χ0n) is 14.8. The van der Waals surface area contributed by atoms with Gasteiger partial charge in [0.1, 0.15) is 0 Å². The first-order valence-corrected chi connectivity index (χ1v) is 10.0. The number of carbonyl (C=O) groups is 2. The van der Waals surface area contributed by atoms with E-state index in [1.54, 1.807) is 0 Å². The summed E-state index contributed by atoms with van der Waals surface area (Å²) in [4.78, 5) is 20.7. The molecule has 2 amide bonds. The molecular weight excluding hydrogens is 404 g/mol. The van der Waals surface area contributed by atoms with Crippen LogP contribution in [0.5, 0.6) is 0 Å². The maximum Gasteiger partial charge on any atom is 2.00 e. The average molecular weight is 429 g/mol. The molecule has 0 spiro atoms. The van der Waals surface area contributed by atoms with Crippen LogP contribution in [0.25, 0.3) is 0 Å². The SMILES string of the molecule is CC(=O)NCCC(C)S(=O)(=O)[O-].CC(=O)NCCC(C)S(=O)(=O)[O-].[Ca+2]. The fourth-order valence-corrected chi connectivity index (χ4v) is 2.00. The van der Waals surface area contributed by atoms with Gasteiger partial charge in [0.05, 0.1) is 20.2 Å². The Bertz CT molecular complexity index is 553. The molecule has 25 heavy (non-hydrogen) atoms. The molecule has 0 aromatic heterocycles. The van der Waals surface area contributed by atoms with Crippen molar-refractivity contribution in [3.63, 3.8) is 0 Å². The van der Waals surface area contributed by atoms with E-state index in [1.165, 1.54) is 27.7 Å². The molecule has 0 heterocycles. The van der Waals surface area contributed by atoms with E-state index in [9.17, 15) is 35.5 Å². The fourth-order valence-electron chi connectivity index (χ4n) is 1.19. The second kappa shape index (κ2) is 14.1. The van der Waals surface area contributed by atoms with Crippen molar-refractivity contribution in [1.29, 1.82) is 0 Å². The molecule has 0 fully saturated rings. The minimum atomic E-state index is -4.20. The third-order valence-corrected chi connectivity index (χ3v) is 5.28. The van der Waals surface area contributed by atoms with Gasteiger partial charge in [-0.3, -0.25) is 9.59 Å². The van der Waals surface area contributed by atoms with E-state index in [1.807, 2.05) is 0 Å². The topological polar surface area (TPSA) is 173 Å². The van der Waals surface area contributed by atoms with Crippen molar-refractivity contribution in [3.05, 3.63) is 0 Å². The molecule has 0 aromatic rings. The predicted octanol–water partition coefficient (Wildman–Crippen LogP) is -1.49. The van der Waals surface area contributed by atoms with Crippen molar-refractivity contribution >= 4 is 69.8 Å². The van der Waals surface area contributed by atoms with Crippen LogP contribution in [-0.2, 0) is 29.8 Å². The Morgan fingerprint density at radius 2 is 1.04 bits per heavy atom. The van der Waals surface area contributed by atoms with E-state index in [-0.39, 0.29) is 75.5 Å². The number of hydrogen-bond donors (Lipinski definition) is 2. The summed E-state index contributed by atoms with van der Waals surface area (Å²) in [7, 11) is -8.40. The second-order valence-corrected chi connectivity index (χ2v) is 8.73. The van der Waals surface area contributed by atoms with Crippen molar-refractivity contribution < 1.29 is 35.5 Å². The third-order valence-electron chi connectivity index (χ3n) is 2.84. The van der Waals surface area contributed by atoms with Crippen LogP contribution in [-0.4, -0.2) is 99.1 Å². The molecule has 0 bridgehead atoms. The van der Waals surface area contributed by atoms with Crippen molar-refractivity contribution in [2.45, 2.75) is 51.0 Å². The van der Waals surface area contributed by atoms with E-state index in [0.29, 0.717) is 0 Å². The van der Waals surface area contributed by atoms with Crippen molar-refractivity contribution in [1.82, 2.24) is 10.6 Å². The minimum Gasteiger partial charge on any atom is -0.748 e. The van der Waals surface area contributed by atoms with Crippen LogP contribution in [0.1, 0.15) is 40.5 Å². The van der Waals surface area contributed by atoms with Gasteiger partial charge in [-0.05, 0) is 26.7 Å². The van der Waals surface area contributed by atoms with Gasteiger partial charge in [0, 0.05) is 37.4 Å². The van der Waals surface area contributed by atoms with Crippen LogP contribution in [0, 0.1) is 0 Å². The van der Waals surface area contributed by atoms with Crippen LogP contribution in [0.4, 0.5) is 0 Å². The zero-order valence-corrected chi connectivity index (χ0v) is 18.6. The first-order chi connectivity index (χ1) is 10.7. The first kappa shape index (κ1) is 29.8. The third kappa shape index (κ3) is 20.2. The molecular formula is C12H24CaN2O8S2. The Balaban J connectivity index is -0.000000372. The number of rotatable bonds is 8. The van der Waals surface area contributed by atoms with Crippen LogP contribution < -0.4 is 10.6 Å². The van der Waals surface area contributed by atoms with Gasteiger partial charge in [-0.2, -0.15) is 0 Å². The van der Waals surface area contributed by atoms with E-state index < -0.39 is 30.7 Å². The maximum absolute atomic E-state index is 10.3. The summed E-state index contributed by atoms with van der Waals surface area (Å²) >= 11 is 0. The quantitative estimate of drug-likeness (QED) is 0.347. The van der Waals surface area contributed by atoms with Gasteiger partial charge < -0.3 is 19.7 Å². The summed E-state index contributed by atoms with van der Waals surface area (Å²) < 4.78 is 62.0. The summed E-state index contributed by atoms with van der Waals surface area (Å²) in [5.41, 5.74) is 0. The molecule has 0 radical (unpaired) electrons. The second-order valence-electron chi connectivity index (χ2n) is 5.15. The molecule has 0 aliphatic rings. The van der Waals surface area contributed by atoms with Gasteiger partial charge in [0.2, 0.25) is 11.8 Å². The molecule has 0 saturated heterocycles. The largest absolute Gasteiger partial charge is 2.00 e.